The van der Waals surface area contributed by atoms with Gasteiger partial charge in [0.25, 0.3) is 5.91 Å². The van der Waals surface area contributed by atoms with Crippen molar-refractivity contribution in [3.05, 3.63) is 71.9 Å². The van der Waals surface area contributed by atoms with Crippen molar-refractivity contribution >= 4 is 16.8 Å². The highest BCUT2D eigenvalue weighted by Crippen LogP contribution is 2.22. The fraction of sp³-hybridized carbons (Fsp3) is 0.158. The molecule has 0 bridgehead atoms. The fourth-order valence-corrected chi connectivity index (χ4v) is 3.10. The number of aryl methyl sites for hydroxylation is 1. The van der Waals surface area contributed by atoms with Gasteiger partial charge in [0.1, 0.15) is 12.1 Å². The number of tetrazole rings is 1. The summed E-state index contributed by atoms with van der Waals surface area (Å²) in [7, 11) is 1.93. The average molecular weight is 364 g/mol. The topological polar surface area (TPSA) is 77.6 Å². The first-order chi connectivity index (χ1) is 13.1. The van der Waals surface area contributed by atoms with Gasteiger partial charge < -0.3 is 9.88 Å². The van der Waals surface area contributed by atoms with Crippen LogP contribution >= 0.6 is 0 Å². The third-order valence-corrected chi connectivity index (χ3v) is 4.46. The van der Waals surface area contributed by atoms with Gasteiger partial charge in [0, 0.05) is 36.3 Å². The van der Waals surface area contributed by atoms with E-state index in [0.29, 0.717) is 18.5 Å². The van der Waals surface area contributed by atoms with Gasteiger partial charge >= 0.3 is 0 Å². The zero-order valence-corrected chi connectivity index (χ0v) is 14.6. The summed E-state index contributed by atoms with van der Waals surface area (Å²) in [6, 6.07) is 11.7. The van der Waals surface area contributed by atoms with Crippen LogP contribution in [0, 0.1) is 5.82 Å². The monoisotopic (exact) mass is 364 g/mol. The van der Waals surface area contributed by atoms with Gasteiger partial charge in [-0.05, 0) is 64.9 Å². The molecule has 0 aliphatic carbocycles. The van der Waals surface area contributed by atoms with Crippen LogP contribution in [0.3, 0.4) is 0 Å². The number of carbonyl (C=O) groups is 1. The summed E-state index contributed by atoms with van der Waals surface area (Å²) < 4.78 is 17.0. The Kier molecular flexibility index (Phi) is 4.37. The third kappa shape index (κ3) is 3.41. The normalized spacial score (nSPS) is 11.0. The Balaban J connectivity index is 1.41. The number of carbonyl (C=O) groups excluding carboxylic acids is 1. The van der Waals surface area contributed by atoms with Crippen molar-refractivity contribution in [2.75, 3.05) is 6.54 Å². The van der Waals surface area contributed by atoms with Crippen LogP contribution in [0.1, 0.15) is 15.9 Å². The Morgan fingerprint density at radius 2 is 2.00 bits per heavy atom. The Labute approximate surface area is 154 Å². The highest BCUT2D eigenvalue weighted by Gasteiger charge is 2.10. The van der Waals surface area contributed by atoms with E-state index in [4.69, 9.17) is 0 Å². The highest BCUT2D eigenvalue weighted by atomic mass is 19.1. The van der Waals surface area contributed by atoms with Gasteiger partial charge in [0.2, 0.25) is 0 Å². The Morgan fingerprint density at radius 1 is 1.19 bits per heavy atom. The van der Waals surface area contributed by atoms with Gasteiger partial charge in [-0.15, -0.1) is 5.10 Å². The number of nitrogens with one attached hydrogen (secondary N) is 1. The maximum absolute atomic E-state index is 13.5. The van der Waals surface area contributed by atoms with Crippen LogP contribution in [0.2, 0.25) is 0 Å². The molecule has 1 N–H and O–H groups in total. The molecule has 4 rings (SSSR count). The molecule has 7 nitrogen and oxygen atoms in total. The van der Waals surface area contributed by atoms with Crippen molar-refractivity contribution in [1.29, 1.82) is 0 Å². The number of hydrogen-bond acceptors (Lipinski definition) is 4. The lowest BCUT2D eigenvalue weighted by molar-refractivity contribution is 0.0954. The van der Waals surface area contributed by atoms with E-state index in [1.807, 2.05) is 17.8 Å². The number of rotatable bonds is 5. The van der Waals surface area contributed by atoms with Crippen LogP contribution in [-0.4, -0.2) is 37.2 Å². The van der Waals surface area contributed by atoms with Crippen molar-refractivity contribution in [2.24, 2.45) is 7.05 Å². The second-order valence-corrected chi connectivity index (χ2v) is 6.23. The van der Waals surface area contributed by atoms with Crippen LogP contribution in [0.4, 0.5) is 4.39 Å². The lowest BCUT2D eigenvalue weighted by atomic mass is 10.1. The predicted octanol–water partition coefficient (Wildman–Crippen LogP) is 2.27. The van der Waals surface area contributed by atoms with Gasteiger partial charge in [-0.25, -0.2) is 9.07 Å². The van der Waals surface area contributed by atoms with Crippen molar-refractivity contribution < 1.29 is 9.18 Å². The number of halogens is 1. The van der Waals surface area contributed by atoms with Crippen molar-refractivity contribution in [2.45, 2.75) is 6.42 Å². The standard InChI is InChI=1S/C19H17FN6O/c1-25-11-14(17-10-15(20)4-7-18(17)25)8-9-21-19(27)13-2-5-16(6-3-13)26-12-22-23-24-26/h2-7,10-12H,8-9H2,1H3,(H,21,27). The van der Waals surface area contributed by atoms with Crippen molar-refractivity contribution in [3.8, 4) is 5.69 Å². The largest absolute Gasteiger partial charge is 0.352 e. The van der Waals surface area contributed by atoms with Crippen LogP contribution in [0.5, 0.6) is 0 Å². The molecular weight excluding hydrogens is 347 g/mol. The molecule has 0 fully saturated rings. The van der Waals surface area contributed by atoms with E-state index in [0.717, 1.165) is 22.2 Å². The van der Waals surface area contributed by atoms with Crippen LogP contribution in [0.15, 0.2) is 55.0 Å². The van der Waals surface area contributed by atoms with E-state index >= 15 is 0 Å². The van der Waals surface area contributed by atoms with E-state index in [2.05, 4.69) is 20.8 Å². The zero-order valence-electron chi connectivity index (χ0n) is 14.6. The van der Waals surface area contributed by atoms with E-state index in [1.165, 1.54) is 23.1 Å². The molecule has 0 saturated heterocycles. The zero-order chi connectivity index (χ0) is 18.8. The van der Waals surface area contributed by atoms with Crippen LogP contribution in [0.25, 0.3) is 16.6 Å². The number of hydrogen-bond donors (Lipinski definition) is 1. The van der Waals surface area contributed by atoms with E-state index in [-0.39, 0.29) is 11.7 Å². The minimum atomic E-state index is -0.262. The summed E-state index contributed by atoms with van der Waals surface area (Å²) in [5.74, 6) is -0.425. The molecule has 0 atom stereocenters. The minimum Gasteiger partial charge on any atom is -0.352 e. The minimum absolute atomic E-state index is 0.162. The first-order valence-electron chi connectivity index (χ1n) is 8.47. The number of fused-ring (bicyclic) bond motifs is 1. The van der Waals surface area contributed by atoms with E-state index < -0.39 is 0 Å². The summed E-state index contributed by atoms with van der Waals surface area (Å²) in [5, 5.41) is 14.7. The first kappa shape index (κ1) is 16.9. The number of aromatic nitrogens is 5. The van der Waals surface area contributed by atoms with Gasteiger partial charge in [0.15, 0.2) is 0 Å². The highest BCUT2D eigenvalue weighted by molar-refractivity contribution is 5.94. The molecule has 2 heterocycles. The molecule has 0 unspecified atom stereocenters. The first-order valence-corrected chi connectivity index (χ1v) is 8.47. The summed E-state index contributed by atoms with van der Waals surface area (Å²) in [6.07, 6.45) is 4.08. The molecule has 2 aromatic heterocycles. The molecule has 0 saturated carbocycles. The number of amides is 1. The SMILES string of the molecule is Cn1cc(CCNC(=O)c2ccc(-n3cnnn3)cc2)c2cc(F)ccc21. The molecule has 0 aliphatic rings. The molecule has 136 valence electrons. The molecular formula is C19H17FN6O. The van der Waals surface area contributed by atoms with E-state index in [1.54, 1.807) is 30.3 Å². The van der Waals surface area contributed by atoms with Gasteiger partial charge in [-0.3, -0.25) is 4.79 Å². The Morgan fingerprint density at radius 3 is 2.74 bits per heavy atom. The number of nitrogens with zero attached hydrogens (tertiary/aromatic N) is 5. The Hall–Kier alpha value is -3.55. The quantitative estimate of drug-likeness (QED) is 0.589. The van der Waals surface area contributed by atoms with Gasteiger partial charge in [-0.2, -0.15) is 0 Å². The maximum atomic E-state index is 13.5. The Bertz CT molecular complexity index is 1090. The lowest BCUT2D eigenvalue weighted by Gasteiger charge is -2.06. The van der Waals surface area contributed by atoms with Crippen molar-refractivity contribution in [3.63, 3.8) is 0 Å². The van der Waals surface area contributed by atoms with Crippen LogP contribution < -0.4 is 5.32 Å². The molecule has 8 heteroatoms. The molecule has 0 spiro atoms. The van der Waals surface area contributed by atoms with Crippen molar-refractivity contribution in [1.82, 2.24) is 30.1 Å². The molecule has 0 radical (unpaired) electrons. The smallest absolute Gasteiger partial charge is 0.251 e. The number of benzene rings is 2. The molecule has 1 amide bonds. The summed E-state index contributed by atoms with van der Waals surface area (Å²) in [6.45, 7) is 0.462. The second kappa shape index (κ2) is 6.99. The summed E-state index contributed by atoms with van der Waals surface area (Å²) in [4.78, 5) is 12.3. The molecule has 2 aromatic carbocycles. The average Bonchev–Trinajstić information content (AvgIpc) is 3.31. The molecule has 27 heavy (non-hydrogen) atoms. The summed E-state index contributed by atoms with van der Waals surface area (Å²) in [5.41, 5.74) is 3.29. The maximum Gasteiger partial charge on any atom is 0.251 e. The lowest BCUT2D eigenvalue weighted by Crippen LogP contribution is -2.25. The second-order valence-electron chi connectivity index (χ2n) is 6.23. The third-order valence-electron chi connectivity index (χ3n) is 4.46. The predicted molar refractivity (Wildman–Crippen MR) is 98.1 cm³/mol. The molecule has 0 aliphatic heterocycles. The summed E-state index contributed by atoms with van der Waals surface area (Å²) >= 11 is 0. The van der Waals surface area contributed by atoms with E-state index in [9.17, 15) is 9.18 Å². The van der Waals surface area contributed by atoms with Gasteiger partial charge in [0.05, 0.1) is 5.69 Å². The molecule has 4 aromatic rings. The van der Waals surface area contributed by atoms with Crippen LogP contribution in [-0.2, 0) is 13.5 Å². The fourth-order valence-electron chi connectivity index (χ4n) is 3.10. The van der Waals surface area contributed by atoms with Gasteiger partial charge in [-0.1, -0.05) is 0 Å².